The van der Waals surface area contributed by atoms with Gasteiger partial charge in [-0.1, -0.05) is 6.07 Å². The molecule has 0 saturated carbocycles. The maximum Gasteiger partial charge on any atom is 0.322 e. The van der Waals surface area contributed by atoms with Crippen LogP contribution >= 0.6 is 0 Å². The minimum atomic E-state index is -3.89. The van der Waals surface area contributed by atoms with Crippen LogP contribution in [0.1, 0.15) is 19.3 Å². The Morgan fingerprint density at radius 2 is 2.05 bits per heavy atom. The topological polar surface area (TPSA) is 94.9 Å². The largest absolute Gasteiger partial charge is 0.508 e. The Morgan fingerprint density at radius 1 is 1.32 bits per heavy atom. The molecule has 6 nitrogen and oxygen atoms in total. The SMILES string of the molecule is O=C(O)[C@@H]1CCCCN1S(=O)(=O)c1cccc(O)c1. The fourth-order valence-corrected chi connectivity index (χ4v) is 3.91. The second-order valence-corrected chi connectivity index (χ2v) is 6.35. The molecule has 0 unspecified atom stereocenters. The molecule has 1 saturated heterocycles. The third-order valence-electron chi connectivity index (χ3n) is 3.16. The first-order valence-electron chi connectivity index (χ1n) is 5.96. The van der Waals surface area contributed by atoms with Crippen LogP contribution in [0.25, 0.3) is 0 Å². The van der Waals surface area contributed by atoms with Gasteiger partial charge in [0.25, 0.3) is 0 Å². The Morgan fingerprint density at radius 3 is 2.68 bits per heavy atom. The highest BCUT2D eigenvalue weighted by molar-refractivity contribution is 7.89. The van der Waals surface area contributed by atoms with Crippen LogP contribution in [-0.2, 0) is 14.8 Å². The van der Waals surface area contributed by atoms with Crippen molar-refractivity contribution in [2.45, 2.75) is 30.2 Å². The third-order valence-corrected chi connectivity index (χ3v) is 5.07. The van der Waals surface area contributed by atoms with E-state index in [1.54, 1.807) is 0 Å². The Labute approximate surface area is 111 Å². The van der Waals surface area contributed by atoms with Crippen molar-refractivity contribution >= 4 is 16.0 Å². The molecule has 1 atom stereocenters. The summed E-state index contributed by atoms with van der Waals surface area (Å²) in [4.78, 5) is 11.1. The summed E-state index contributed by atoms with van der Waals surface area (Å²) in [6.07, 6.45) is 1.65. The van der Waals surface area contributed by atoms with Crippen LogP contribution in [-0.4, -0.2) is 41.5 Å². The predicted octanol–water partition coefficient (Wildman–Crippen LogP) is 1.02. The maximum absolute atomic E-state index is 12.4. The lowest BCUT2D eigenvalue weighted by molar-refractivity contribution is -0.142. The van der Waals surface area contributed by atoms with Gasteiger partial charge < -0.3 is 10.2 Å². The summed E-state index contributed by atoms with van der Waals surface area (Å²) in [6, 6.07) is 4.23. The number of phenolic OH excluding ortho intramolecular Hbond substituents is 1. The van der Waals surface area contributed by atoms with Crippen LogP contribution in [0.3, 0.4) is 0 Å². The van der Waals surface area contributed by atoms with E-state index in [4.69, 9.17) is 5.11 Å². The number of piperidine rings is 1. The number of carboxylic acid groups (broad SMARTS) is 1. The summed E-state index contributed by atoms with van der Waals surface area (Å²) < 4.78 is 25.8. The maximum atomic E-state index is 12.4. The summed E-state index contributed by atoms with van der Waals surface area (Å²) in [6.45, 7) is 0.189. The van der Waals surface area contributed by atoms with Crippen molar-refractivity contribution in [3.05, 3.63) is 24.3 Å². The molecule has 2 N–H and O–H groups in total. The molecule has 2 rings (SSSR count). The number of carboxylic acids is 1. The van der Waals surface area contributed by atoms with Crippen molar-refractivity contribution < 1.29 is 23.4 Å². The van der Waals surface area contributed by atoms with Gasteiger partial charge in [-0.2, -0.15) is 4.31 Å². The number of nitrogens with zero attached hydrogens (tertiary/aromatic N) is 1. The van der Waals surface area contributed by atoms with Gasteiger partial charge in [-0.05, 0) is 37.5 Å². The number of rotatable bonds is 3. The Hall–Kier alpha value is -1.60. The second kappa shape index (κ2) is 5.18. The molecule has 1 aliphatic rings. The van der Waals surface area contributed by atoms with Gasteiger partial charge in [0.1, 0.15) is 11.8 Å². The molecular weight excluding hydrogens is 270 g/mol. The summed E-state index contributed by atoms with van der Waals surface area (Å²) in [7, 11) is -3.89. The zero-order valence-corrected chi connectivity index (χ0v) is 11.0. The zero-order chi connectivity index (χ0) is 14.0. The van der Waals surface area contributed by atoms with Crippen LogP contribution in [0, 0.1) is 0 Å². The lowest BCUT2D eigenvalue weighted by Crippen LogP contribution is -2.47. The molecule has 7 heteroatoms. The van der Waals surface area contributed by atoms with Gasteiger partial charge >= 0.3 is 5.97 Å². The number of benzene rings is 1. The fourth-order valence-electron chi connectivity index (χ4n) is 2.22. The Kier molecular flexibility index (Phi) is 3.77. The lowest BCUT2D eigenvalue weighted by atomic mass is 10.1. The molecule has 0 aromatic heterocycles. The number of carbonyl (C=O) groups is 1. The molecule has 0 aliphatic carbocycles. The van der Waals surface area contributed by atoms with Gasteiger partial charge in [0.05, 0.1) is 4.90 Å². The van der Waals surface area contributed by atoms with E-state index >= 15 is 0 Å². The quantitative estimate of drug-likeness (QED) is 0.864. The number of sulfonamides is 1. The van der Waals surface area contributed by atoms with Crippen molar-refractivity contribution in [3.8, 4) is 5.75 Å². The van der Waals surface area contributed by atoms with Crippen LogP contribution in [0.5, 0.6) is 5.75 Å². The van der Waals surface area contributed by atoms with E-state index in [1.807, 2.05) is 0 Å². The van der Waals surface area contributed by atoms with Crippen molar-refractivity contribution in [1.29, 1.82) is 0 Å². The summed E-state index contributed by atoms with van der Waals surface area (Å²) >= 11 is 0. The summed E-state index contributed by atoms with van der Waals surface area (Å²) in [5.41, 5.74) is 0. The van der Waals surface area contributed by atoms with Crippen LogP contribution in [0.2, 0.25) is 0 Å². The highest BCUT2D eigenvalue weighted by Crippen LogP contribution is 2.27. The lowest BCUT2D eigenvalue weighted by Gasteiger charge is -2.31. The number of hydrogen-bond donors (Lipinski definition) is 2. The van der Waals surface area contributed by atoms with Gasteiger partial charge in [0.15, 0.2) is 0 Å². The zero-order valence-electron chi connectivity index (χ0n) is 10.2. The molecule has 1 aromatic rings. The number of hydrogen-bond acceptors (Lipinski definition) is 4. The molecule has 0 spiro atoms. The van der Waals surface area contributed by atoms with E-state index in [9.17, 15) is 18.3 Å². The first-order valence-corrected chi connectivity index (χ1v) is 7.40. The first-order chi connectivity index (χ1) is 8.93. The van der Waals surface area contributed by atoms with Gasteiger partial charge in [-0.15, -0.1) is 0 Å². The highest BCUT2D eigenvalue weighted by Gasteiger charge is 2.37. The summed E-state index contributed by atoms with van der Waals surface area (Å²) in [5.74, 6) is -1.30. The second-order valence-electron chi connectivity index (χ2n) is 4.46. The van der Waals surface area contributed by atoms with E-state index < -0.39 is 22.0 Å². The highest BCUT2D eigenvalue weighted by atomic mass is 32.2. The average molecular weight is 285 g/mol. The number of aliphatic carboxylic acids is 1. The van der Waals surface area contributed by atoms with E-state index in [-0.39, 0.29) is 17.2 Å². The summed E-state index contributed by atoms with van der Waals surface area (Å²) in [5, 5.41) is 18.5. The predicted molar refractivity (Wildman–Crippen MR) is 67.3 cm³/mol. The number of phenols is 1. The first kappa shape index (κ1) is 13.8. The van der Waals surface area contributed by atoms with E-state index in [1.165, 1.54) is 18.2 Å². The van der Waals surface area contributed by atoms with Crippen molar-refractivity contribution in [3.63, 3.8) is 0 Å². The Bertz CT molecular complexity index is 584. The Balaban J connectivity index is 2.40. The van der Waals surface area contributed by atoms with Crippen LogP contribution in [0.15, 0.2) is 29.2 Å². The van der Waals surface area contributed by atoms with E-state index in [2.05, 4.69) is 0 Å². The fraction of sp³-hybridized carbons (Fsp3) is 0.417. The molecule has 104 valence electrons. The van der Waals surface area contributed by atoms with Crippen LogP contribution in [0.4, 0.5) is 0 Å². The number of aromatic hydroxyl groups is 1. The minimum absolute atomic E-state index is 0.0827. The van der Waals surface area contributed by atoms with Gasteiger partial charge in [-0.25, -0.2) is 8.42 Å². The van der Waals surface area contributed by atoms with Crippen molar-refractivity contribution in [2.24, 2.45) is 0 Å². The molecule has 0 bridgehead atoms. The van der Waals surface area contributed by atoms with Gasteiger partial charge in [0, 0.05) is 6.54 Å². The smallest absolute Gasteiger partial charge is 0.322 e. The van der Waals surface area contributed by atoms with Crippen molar-refractivity contribution in [2.75, 3.05) is 6.54 Å². The van der Waals surface area contributed by atoms with Gasteiger partial charge in [0.2, 0.25) is 10.0 Å². The molecule has 0 amide bonds. The van der Waals surface area contributed by atoms with E-state index in [0.29, 0.717) is 19.3 Å². The molecule has 1 aromatic carbocycles. The normalized spacial score (nSPS) is 21.2. The van der Waals surface area contributed by atoms with Gasteiger partial charge in [-0.3, -0.25) is 4.79 Å². The van der Waals surface area contributed by atoms with E-state index in [0.717, 1.165) is 10.4 Å². The third kappa shape index (κ3) is 2.71. The monoisotopic (exact) mass is 285 g/mol. The van der Waals surface area contributed by atoms with Crippen LogP contribution < -0.4 is 0 Å². The standard InChI is InChI=1S/C12H15NO5S/c14-9-4-3-5-10(8-9)19(17,18)13-7-2-1-6-11(13)12(15)16/h3-5,8,11,14H,1-2,6-7H2,(H,15,16)/t11-/m0/s1. The average Bonchev–Trinajstić information content (AvgIpc) is 2.38. The molecule has 1 fully saturated rings. The molecule has 19 heavy (non-hydrogen) atoms. The molecule has 1 heterocycles. The molecule has 0 radical (unpaired) electrons. The van der Waals surface area contributed by atoms with Crippen molar-refractivity contribution in [1.82, 2.24) is 4.31 Å². The minimum Gasteiger partial charge on any atom is -0.508 e. The molecule has 1 aliphatic heterocycles. The molecular formula is C12H15NO5S.